The fraction of sp³-hybridized carbons (Fsp3) is 0.650. The summed E-state index contributed by atoms with van der Waals surface area (Å²) < 4.78 is 38.8. The predicted molar refractivity (Wildman–Crippen MR) is 96.0 cm³/mol. The smallest absolute Gasteiger partial charge is 0.388 e. The highest BCUT2D eigenvalue weighted by molar-refractivity contribution is 5.74. The molecule has 150 valence electrons. The third-order valence-electron chi connectivity index (χ3n) is 5.88. The second-order valence-electron chi connectivity index (χ2n) is 7.73. The fourth-order valence-corrected chi connectivity index (χ4v) is 4.22. The summed E-state index contributed by atoms with van der Waals surface area (Å²) in [7, 11) is 0. The van der Waals surface area contributed by atoms with Gasteiger partial charge in [0.05, 0.1) is 12.0 Å². The van der Waals surface area contributed by atoms with Gasteiger partial charge in [0.1, 0.15) is 0 Å². The molecule has 4 nitrogen and oxygen atoms in total. The van der Waals surface area contributed by atoms with Crippen molar-refractivity contribution in [3.63, 3.8) is 0 Å². The number of nitrogens with zero attached hydrogens (tertiary/aromatic N) is 1. The van der Waals surface area contributed by atoms with Crippen LogP contribution in [0.15, 0.2) is 30.3 Å². The van der Waals surface area contributed by atoms with Crippen molar-refractivity contribution >= 4 is 6.03 Å². The lowest BCUT2D eigenvalue weighted by Crippen LogP contribution is -2.50. The molecule has 2 fully saturated rings. The number of alkyl halides is 3. The molecule has 2 amide bonds. The van der Waals surface area contributed by atoms with E-state index in [2.05, 4.69) is 5.32 Å². The second kappa shape index (κ2) is 8.50. The number of halogens is 3. The van der Waals surface area contributed by atoms with Gasteiger partial charge in [-0.05, 0) is 43.6 Å². The van der Waals surface area contributed by atoms with Crippen molar-refractivity contribution in [2.75, 3.05) is 13.1 Å². The van der Waals surface area contributed by atoms with Crippen molar-refractivity contribution < 1.29 is 23.1 Å². The largest absolute Gasteiger partial charge is 0.391 e. The molecule has 1 heterocycles. The summed E-state index contributed by atoms with van der Waals surface area (Å²) in [6.07, 6.45) is -2.17. The first kappa shape index (κ1) is 20.0. The zero-order valence-corrected chi connectivity index (χ0v) is 15.3. The summed E-state index contributed by atoms with van der Waals surface area (Å²) in [5.41, 5.74) is 0.876. The van der Waals surface area contributed by atoms with E-state index in [0.717, 1.165) is 5.56 Å². The van der Waals surface area contributed by atoms with Crippen molar-refractivity contribution in [2.45, 2.75) is 56.8 Å². The maximum absolute atomic E-state index is 12.9. The SMILES string of the molecule is O=C(N[C@@H]1CCC[C@@H](C(F)(F)F)C1)N1CCC([C@H](O)c2ccccc2)CC1. The molecule has 0 radical (unpaired) electrons. The molecule has 0 spiro atoms. The monoisotopic (exact) mass is 384 g/mol. The Hall–Kier alpha value is -1.76. The average Bonchev–Trinajstić information content (AvgIpc) is 2.68. The van der Waals surface area contributed by atoms with Crippen LogP contribution in [0.2, 0.25) is 0 Å². The Labute approximate surface area is 157 Å². The lowest BCUT2D eigenvalue weighted by molar-refractivity contribution is -0.183. The first-order valence-electron chi connectivity index (χ1n) is 9.69. The van der Waals surface area contributed by atoms with Gasteiger partial charge in [-0.25, -0.2) is 4.79 Å². The Kier molecular flexibility index (Phi) is 6.29. The fourth-order valence-electron chi connectivity index (χ4n) is 4.22. The molecule has 2 aliphatic rings. The minimum atomic E-state index is -4.19. The molecule has 0 aromatic heterocycles. The van der Waals surface area contributed by atoms with E-state index in [9.17, 15) is 23.1 Å². The van der Waals surface area contributed by atoms with Crippen LogP contribution in [0, 0.1) is 11.8 Å². The third kappa shape index (κ3) is 5.15. The number of hydrogen-bond donors (Lipinski definition) is 2. The number of carbonyl (C=O) groups is 1. The summed E-state index contributed by atoms with van der Waals surface area (Å²) in [6, 6.07) is 8.77. The number of aliphatic hydroxyl groups is 1. The van der Waals surface area contributed by atoms with E-state index in [4.69, 9.17) is 0 Å². The molecule has 3 atom stereocenters. The van der Waals surface area contributed by atoms with Gasteiger partial charge in [0.2, 0.25) is 0 Å². The lowest BCUT2D eigenvalue weighted by Gasteiger charge is -2.36. The standard InChI is InChI=1S/C20H27F3N2O2/c21-20(22,23)16-7-4-8-17(13-16)24-19(27)25-11-9-15(10-12-25)18(26)14-5-2-1-3-6-14/h1-3,5-6,15-18,26H,4,7-13H2,(H,24,27)/t16-,17-,18-/m1/s1. The van der Waals surface area contributed by atoms with Gasteiger partial charge in [0, 0.05) is 19.1 Å². The number of aliphatic hydroxyl groups excluding tert-OH is 1. The molecule has 1 aromatic rings. The minimum absolute atomic E-state index is 0.0293. The van der Waals surface area contributed by atoms with Gasteiger partial charge in [-0.3, -0.25) is 0 Å². The molecule has 1 aliphatic heterocycles. The molecule has 7 heteroatoms. The van der Waals surface area contributed by atoms with E-state index in [1.165, 1.54) is 0 Å². The van der Waals surface area contributed by atoms with Crippen LogP contribution in [-0.2, 0) is 0 Å². The van der Waals surface area contributed by atoms with Crippen molar-refractivity contribution in [2.24, 2.45) is 11.8 Å². The van der Waals surface area contributed by atoms with Gasteiger partial charge in [-0.2, -0.15) is 13.2 Å². The summed E-state index contributed by atoms with van der Waals surface area (Å²) in [6.45, 7) is 1.02. The molecule has 1 saturated carbocycles. The minimum Gasteiger partial charge on any atom is -0.388 e. The van der Waals surface area contributed by atoms with Crippen LogP contribution < -0.4 is 5.32 Å². The molecule has 27 heavy (non-hydrogen) atoms. The maximum Gasteiger partial charge on any atom is 0.391 e. The van der Waals surface area contributed by atoms with Crippen LogP contribution in [-0.4, -0.2) is 41.3 Å². The van der Waals surface area contributed by atoms with Crippen molar-refractivity contribution in [3.05, 3.63) is 35.9 Å². The van der Waals surface area contributed by atoms with Gasteiger partial charge in [0.25, 0.3) is 0 Å². The van der Waals surface area contributed by atoms with Gasteiger partial charge < -0.3 is 15.3 Å². The molecular formula is C20H27F3N2O2. The summed E-state index contributed by atoms with van der Waals surface area (Å²) in [5.74, 6) is -1.23. The van der Waals surface area contributed by atoms with Crippen LogP contribution >= 0.6 is 0 Å². The number of likely N-dealkylation sites (tertiary alicyclic amines) is 1. The Balaban J connectivity index is 1.47. The second-order valence-corrected chi connectivity index (χ2v) is 7.73. The van der Waals surface area contributed by atoms with E-state index in [1.54, 1.807) is 4.90 Å². The van der Waals surface area contributed by atoms with Gasteiger partial charge >= 0.3 is 12.2 Å². The van der Waals surface area contributed by atoms with Crippen LogP contribution in [0.5, 0.6) is 0 Å². The number of amides is 2. The quantitative estimate of drug-likeness (QED) is 0.818. The van der Waals surface area contributed by atoms with Gasteiger partial charge in [-0.15, -0.1) is 0 Å². The molecule has 3 rings (SSSR count). The number of rotatable bonds is 3. The highest BCUT2D eigenvalue weighted by Crippen LogP contribution is 2.37. The lowest BCUT2D eigenvalue weighted by atomic mass is 9.85. The normalized spacial score (nSPS) is 25.9. The number of carbonyl (C=O) groups excluding carboxylic acids is 1. The zero-order chi connectivity index (χ0) is 19.4. The maximum atomic E-state index is 12.9. The first-order chi connectivity index (χ1) is 12.8. The van der Waals surface area contributed by atoms with E-state index in [1.807, 2.05) is 30.3 Å². The number of benzene rings is 1. The number of nitrogens with one attached hydrogen (secondary N) is 1. The number of hydrogen-bond acceptors (Lipinski definition) is 2. The summed E-state index contributed by atoms with van der Waals surface area (Å²) in [4.78, 5) is 14.1. The average molecular weight is 384 g/mol. The van der Waals surface area contributed by atoms with E-state index in [-0.39, 0.29) is 24.8 Å². The Morgan fingerprint density at radius 1 is 1.11 bits per heavy atom. The molecule has 0 unspecified atom stereocenters. The molecule has 1 saturated heterocycles. The summed E-state index contributed by atoms with van der Waals surface area (Å²) >= 11 is 0. The van der Waals surface area contributed by atoms with Crippen molar-refractivity contribution in [1.82, 2.24) is 10.2 Å². The van der Waals surface area contributed by atoms with Crippen LogP contribution in [0.3, 0.4) is 0 Å². The van der Waals surface area contributed by atoms with Crippen LogP contribution in [0.1, 0.15) is 50.2 Å². The summed E-state index contributed by atoms with van der Waals surface area (Å²) in [5, 5.41) is 13.3. The van der Waals surface area contributed by atoms with E-state index >= 15 is 0 Å². The Bertz CT molecular complexity index is 615. The molecular weight excluding hydrogens is 357 g/mol. The topological polar surface area (TPSA) is 52.6 Å². The van der Waals surface area contributed by atoms with Gasteiger partial charge in [0.15, 0.2) is 0 Å². The van der Waals surface area contributed by atoms with Crippen LogP contribution in [0.25, 0.3) is 0 Å². The third-order valence-corrected chi connectivity index (χ3v) is 5.88. The molecule has 2 N–H and O–H groups in total. The molecule has 1 aliphatic carbocycles. The molecule has 0 bridgehead atoms. The Morgan fingerprint density at radius 3 is 2.41 bits per heavy atom. The van der Waals surface area contributed by atoms with Crippen molar-refractivity contribution in [3.8, 4) is 0 Å². The van der Waals surface area contributed by atoms with Gasteiger partial charge in [-0.1, -0.05) is 36.8 Å². The van der Waals surface area contributed by atoms with Crippen molar-refractivity contribution in [1.29, 1.82) is 0 Å². The van der Waals surface area contributed by atoms with E-state index < -0.39 is 24.2 Å². The zero-order valence-electron chi connectivity index (χ0n) is 15.3. The number of urea groups is 1. The van der Waals surface area contributed by atoms with E-state index in [0.29, 0.717) is 38.8 Å². The van der Waals surface area contributed by atoms with Crippen LogP contribution in [0.4, 0.5) is 18.0 Å². The Morgan fingerprint density at radius 2 is 1.78 bits per heavy atom. The highest BCUT2D eigenvalue weighted by atomic mass is 19.4. The highest BCUT2D eigenvalue weighted by Gasteiger charge is 2.42. The molecule has 1 aromatic carbocycles. The number of piperidine rings is 1. The predicted octanol–water partition coefficient (Wildman–Crippen LogP) is 4.26. The first-order valence-corrected chi connectivity index (χ1v) is 9.69.